The molecule has 4 aromatic rings. The van der Waals surface area contributed by atoms with Gasteiger partial charge in [-0.1, -0.05) is 23.5 Å². The Morgan fingerprint density at radius 1 is 1.14 bits per heavy atom. The minimum Gasteiger partial charge on any atom is -0.310 e. The van der Waals surface area contributed by atoms with Gasteiger partial charge in [-0.2, -0.15) is 9.78 Å². The second-order valence-electron chi connectivity index (χ2n) is 7.17. The van der Waals surface area contributed by atoms with Gasteiger partial charge in [0.05, 0.1) is 15.9 Å². The van der Waals surface area contributed by atoms with Crippen LogP contribution < -0.4 is 5.32 Å². The van der Waals surface area contributed by atoms with Crippen molar-refractivity contribution < 1.29 is 13.6 Å². The van der Waals surface area contributed by atoms with Crippen LogP contribution in [0.4, 0.5) is 14.6 Å². The van der Waals surface area contributed by atoms with Gasteiger partial charge in [0.2, 0.25) is 11.0 Å². The molecule has 5 nitrogen and oxygen atoms in total. The highest BCUT2D eigenvalue weighted by molar-refractivity contribution is 7.20. The van der Waals surface area contributed by atoms with Crippen LogP contribution in [0, 0.1) is 25.5 Å². The van der Waals surface area contributed by atoms with Crippen LogP contribution in [0.5, 0.6) is 0 Å². The quantitative estimate of drug-likeness (QED) is 0.514. The summed E-state index contributed by atoms with van der Waals surface area (Å²) in [6, 6.07) is 9.69. The Morgan fingerprint density at radius 3 is 2.66 bits per heavy atom. The van der Waals surface area contributed by atoms with E-state index in [1.807, 2.05) is 25.1 Å². The minimum absolute atomic E-state index is 0.0452. The lowest BCUT2D eigenvalue weighted by atomic mass is 9.85. The number of halogens is 2. The van der Waals surface area contributed by atoms with E-state index < -0.39 is 17.6 Å². The van der Waals surface area contributed by atoms with E-state index in [2.05, 4.69) is 15.4 Å². The summed E-state index contributed by atoms with van der Waals surface area (Å²) < 4.78 is 31.5. The van der Waals surface area contributed by atoms with E-state index in [1.165, 1.54) is 29.5 Å². The molecule has 1 aliphatic rings. The van der Waals surface area contributed by atoms with Gasteiger partial charge in [0.1, 0.15) is 17.5 Å². The Morgan fingerprint density at radius 2 is 1.90 bits per heavy atom. The summed E-state index contributed by atoms with van der Waals surface area (Å²) in [5.74, 6) is -1.98. The molecule has 3 heterocycles. The molecule has 2 aromatic carbocycles. The number of aromatic nitrogens is 3. The van der Waals surface area contributed by atoms with Crippen LogP contribution in [0.25, 0.3) is 15.3 Å². The molecule has 0 fully saturated rings. The van der Waals surface area contributed by atoms with Crippen molar-refractivity contribution >= 4 is 33.3 Å². The SMILES string of the molecule is Cc1ccc2nc(-n3nc(C)c4c3NC(=O)C[C@@H]4c3c(F)cccc3F)sc2c1. The van der Waals surface area contributed by atoms with E-state index in [1.54, 1.807) is 11.6 Å². The molecule has 146 valence electrons. The lowest BCUT2D eigenvalue weighted by Gasteiger charge is -2.24. The summed E-state index contributed by atoms with van der Waals surface area (Å²) in [5.41, 5.74) is 3.06. The smallest absolute Gasteiger partial charge is 0.226 e. The van der Waals surface area contributed by atoms with Crippen LogP contribution in [0.3, 0.4) is 0 Å². The molecule has 1 amide bonds. The first-order chi connectivity index (χ1) is 13.9. The number of hydrogen-bond acceptors (Lipinski definition) is 4. The van der Waals surface area contributed by atoms with Gasteiger partial charge in [-0.3, -0.25) is 4.79 Å². The summed E-state index contributed by atoms with van der Waals surface area (Å²) in [5, 5.41) is 7.97. The second kappa shape index (κ2) is 6.45. The number of benzene rings is 2. The molecule has 1 atom stereocenters. The number of nitrogens with zero attached hydrogens (tertiary/aromatic N) is 3. The molecular weight excluding hydrogens is 394 g/mol. The number of amides is 1. The molecular formula is C21H16F2N4OS. The predicted molar refractivity (Wildman–Crippen MR) is 108 cm³/mol. The van der Waals surface area contributed by atoms with E-state index in [0.29, 0.717) is 22.2 Å². The van der Waals surface area contributed by atoms with E-state index >= 15 is 0 Å². The fourth-order valence-corrected chi connectivity index (χ4v) is 4.91. The summed E-state index contributed by atoms with van der Waals surface area (Å²) >= 11 is 1.45. The molecule has 0 bridgehead atoms. The lowest BCUT2D eigenvalue weighted by Crippen LogP contribution is -2.26. The number of carbonyl (C=O) groups is 1. The molecule has 0 saturated heterocycles. The van der Waals surface area contributed by atoms with E-state index in [0.717, 1.165) is 15.8 Å². The van der Waals surface area contributed by atoms with E-state index in [-0.39, 0.29) is 17.9 Å². The van der Waals surface area contributed by atoms with Crippen LogP contribution >= 0.6 is 11.3 Å². The van der Waals surface area contributed by atoms with Gasteiger partial charge in [-0.05, 0) is 43.7 Å². The van der Waals surface area contributed by atoms with Gasteiger partial charge in [0.25, 0.3) is 0 Å². The molecule has 5 rings (SSSR count). The Labute approximate surface area is 169 Å². The first-order valence-corrected chi connectivity index (χ1v) is 9.95. The van der Waals surface area contributed by atoms with Crippen molar-refractivity contribution in [1.82, 2.24) is 14.8 Å². The number of fused-ring (bicyclic) bond motifs is 2. The van der Waals surface area contributed by atoms with Gasteiger partial charge >= 0.3 is 0 Å². The van der Waals surface area contributed by atoms with Gasteiger partial charge in [-0.15, -0.1) is 0 Å². The molecule has 0 radical (unpaired) electrons. The van der Waals surface area contributed by atoms with Crippen molar-refractivity contribution in [3.8, 4) is 5.13 Å². The average Bonchev–Trinajstić information content (AvgIpc) is 3.22. The number of carbonyl (C=O) groups excluding carboxylic acids is 1. The normalized spacial score (nSPS) is 16.1. The van der Waals surface area contributed by atoms with Crippen molar-refractivity contribution in [2.45, 2.75) is 26.2 Å². The largest absolute Gasteiger partial charge is 0.310 e. The summed E-state index contributed by atoms with van der Waals surface area (Å²) in [7, 11) is 0. The summed E-state index contributed by atoms with van der Waals surface area (Å²) in [6.07, 6.45) is -0.0452. The molecule has 8 heteroatoms. The highest BCUT2D eigenvalue weighted by Gasteiger charge is 2.36. The van der Waals surface area contributed by atoms with Gasteiger partial charge in [0.15, 0.2) is 0 Å². The zero-order valence-corrected chi connectivity index (χ0v) is 16.5. The highest BCUT2D eigenvalue weighted by atomic mass is 32.1. The monoisotopic (exact) mass is 410 g/mol. The fourth-order valence-electron chi connectivity index (χ4n) is 3.89. The molecule has 2 aromatic heterocycles. The third-order valence-corrected chi connectivity index (χ3v) is 6.16. The molecule has 1 aliphatic heterocycles. The van der Waals surface area contributed by atoms with Gasteiger partial charge in [-0.25, -0.2) is 13.8 Å². The van der Waals surface area contributed by atoms with Crippen molar-refractivity contribution in [1.29, 1.82) is 0 Å². The maximum Gasteiger partial charge on any atom is 0.226 e. The first-order valence-electron chi connectivity index (χ1n) is 9.13. The third-order valence-electron chi connectivity index (χ3n) is 5.16. The third kappa shape index (κ3) is 2.82. The molecule has 0 spiro atoms. The Hall–Kier alpha value is -3.13. The molecule has 0 aliphatic carbocycles. The minimum atomic E-state index is -0.745. The van der Waals surface area contributed by atoms with Crippen LogP contribution in [0.15, 0.2) is 36.4 Å². The number of nitrogens with one attached hydrogen (secondary N) is 1. The molecule has 1 N–H and O–H groups in total. The molecule has 0 unspecified atom stereocenters. The van der Waals surface area contributed by atoms with Crippen LogP contribution in [0.2, 0.25) is 0 Å². The van der Waals surface area contributed by atoms with E-state index in [4.69, 9.17) is 0 Å². The van der Waals surface area contributed by atoms with E-state index in [9.17, 15) is 13.6 Å². The Balaban J connectivity index is 1.71. The summed E-state index contributed by atoms with van der Waals surface area (Å²) in [6.45, 7) is 3.78. The topological polar surface area (TPSA) is 59.8 Å². The fraction of sp³-hybridized carbons (Fsp3) is 0.190. The average molecular weight is 410 g/mol. The second-order valence-corrected chi connectivity index (χ2v) is 8.18. The van der Waals surface area contributed by atoms with Gasteiger partial charge < -0.3 is 5.32 Å². The van der Waals surface area contributed by atoms with Crippen molar-refractivity contribution in [3.05, 3.63) is 70.4 Å². The Kier molecular flexibility index (Phi) is 3.99. The number of hydrogen-bond donors (Lipinski definition) is 1. The molecule has 0 saturated carbocycles. The highest BCUT2D eigenvalue weighted by Crippen LogP contribution is 2.42. The maximum atomic E-state index is 14.5. The lowest BCUT2D eigenvalue weighted by molar-refractivity contribution is -0.116. The number of thiazole rings is 1. The summed E-state index contributed by atoms with van der Waals surface area (Å²) in [4.78, 5) is 17.1. The van der Waals surface area contributed by atoms with Gasteiger partial charge in [0, 0.05) is 23.5 Å². The zero-order valence-electron chi connectivity index (χ0n) is 15.7. The van der Waals surface area contributed by atoms with Crippen LogP contribution in [0.1, 0.15) is 34.7 Å². The first kappa shape index (κ1) is 17.9. The van der Waals surface area contributed by atoms with Crippen LogP contribution in [-0.2, 0) is 4.79 Å². The van der Waals surface area contributed by atoms with Crippen molar-refractivity contribution in [2.75, 3.05) is 5.32 Å². The van der Waals surface area contributed by atoms with Crippen molar-refractivity contribution in [2.24, 2.45) is 0 Å². The maximum absolute atomic E-state index is 14.5. The van der Waals surface area contributed by atoms with Crippen molar-refractivity contribution in [3.63, 3.8) is 0 Å². The number of aryl methyl sites for hydroxylation is 2. The number of rotatable bonds is 2. The predicted octanol–water partition coefficient (Wildman–Crippen LogP) is 4.85. The standard InChI is InChI=1S/C21H16F2N4OS/c1-10-6-7-15-16(8-10)29-21(24-15)27-20-18(11(2)26-27)12(9-17(28)25-20)19-13(22)4-3-5-14(19)23/h3-8,12H,9H2,1-2H3,(H,25,28)/t12-/m0/s1. The Bertz CT molecular complexity index is 1270. The zero-order chi connectivity index (χ0) is 20.3. The molecule has 29 heavy (non-hydrogen) atoms. The van der Waals surface area contributed by atoms with Crippen LogP contribution in [-0.4, -0.2) is 20.7 Å². The number of anilines is 1.